The van der Waals surface area contributed by atoms with Crippen LogP contribution in [0.1, 0.15) is 24.0 Å². The maximum absolute atomic E-state index is 13.2. The largest absolute Gasteiger partial charge is 0.466 e. The average Bonchev–Trinajstić information content (AvgIpc) is 3.34. The fourth-order valence-corrected chi connectivity index (χ4v) is 7.22. The van der Waals surface area contributed by atoms with Gasteiger partial charge in [-0.15, -0.1) is 0 Å². The molecule has 3 aliphatic rings. The van der Waals surface area contributed by atoms with Crippen LogP contribution in [0.25, 0.3) is 0 Å². The van der Waals surface area contributed by atoms with Gasteiger partial charge in [-0.2, -0.15) is 0 Å². The fraction of sp³-hybridized carbons (Fsp3) is 0.444. The van der Waals surface area contributed by atoms with Crippen LogP contribution in [-0.2, 0) is 32.4 Å². The van der Waals surface area contributed by atoms with Crippen LogP contribution < -0.4 is 5.32 Å². The zero-order valence-corrected chi connectivity index (χ0v) is 20.4. The predicted molar refractivity (Wildman–Crippen MR) is 134 cm³/mol. The molecule has 4 atom stereocenters. The van der Waals surface area contributed by atoms with Gasteiger partial charge in [-0.05, 0) is 40.9 Å². The second-order valence-electron chi connectivity index (χ2n) is 9.71. The van der Waals surface area contributed by atoms with Gasteiger partial charge in [-0.25, -0.2) is 4.79 Å². The minimum Gasteiger partial charge on any atom is -0.466 e. The smallest absolute Gasteiger partial charge is 0.335 e. The molecule has 1 saturated heterocycles. The van der Waals surface area contributed by atoms with E-state index in [0.29, 0.717) is 11.3 Å². The number of esters is 1. The molecule has 0 aromatic heterocycles. The van der Waals surface area contributed by atoms with E-state index in [1.165, 1.54) is 18.2 Å². The zero-order valence-electron chi connectivity index (χ0n) is 19.6. The van der Waals surface area contributed by atoms with Crippen molar-refractivity contribution in [2.45, 2.75) is 36.9 Å². The van der Waals surface area contributed by atoms with Crippen molar-refractivity contribution in [2.24, 2.45) is 5.92 Å². The molecule has 2 aromatic carbocycles. The lowest BCUT2D eigenvalue weighted by atomic mass is 9.63. The number of carbonyl (C=O) groups excluding carboxylic acids is 1. The number of rotatable bonds is 6. The fourth-order valence-electron chi connectivity index (χ4n) is 6.30. The number of ether oxygens (including phenoxy) is 1. The van der Waals surface area contributed by atoms with Crippen molar-refractivity contribution in [3.63, 3.8) is 0 Å². The lowest BCUT2D eigenvalue weighted by Gasteiger charge is -2.44. The third-order valence-electron chi connectivity index (χ3n) is 7.64. The summed E-state index contributed by atoms with van der Waals surface area (Å²) in [4.78, 5) is 15.7. The monoisotopic (exact) mass is 465 g/mol. The number of methoxy groups -OCH3 is 1. The van der Waals surface area contributed by atoms with Crippen molar-refractivity contribution < 1.29 is 14.6 Å². The number of nitrogens with one attached hydrogen (secondary N) is 1. The molecule has 174 valence electrons. The van der Waals surface area contributed by atoms with Gasteiger partial charge in [0.25, 0.3) is 0 Å². The number of para-hydroxylation sites is 1. The van der Waals surface area contributed by atoms with E-state index in [4.69, 9.17) is 4.74 Å². The second-order valence-corrected chi connectivity index (χ2v) is 12.0. The Balaban J connectivity index is 1.64. The molecule has 0 radical (unpaired) electrons. The van der Waals surface area contributed by atoms with Gasteiger partial charge >= 0.3 is 5.97 Å². The van der Waals surface area contributed by atoms with E-state index in [1.54, 1.807) is 0 Å². The molecule has 2 aromatic rings. The Morgan fingerprint density at radius 3 is 2.67 bits per heavy atom. The number of fused-ring (bicyclic) bond motifs is 1. The molecule has 2 heterocycles. The Labute approximate surface area is 199 Å². The van der Waals surface area contributed by atoms with Crippen LogP contribution in [0.4, 0.5) is 5.69 Å². The van der Waals surface area contributed by atoms with Crippen LogP contribution in [0.15, 0.2) is 65.9 Å². The second kappa shape index (κ2) is 8.82. The number of carbonyl (C=O) groups is 1. The van der Waals surface area contributed by atoms with Gasteiger partial charge in [0.1, 0.15) is 11.9 Å². The van der Waals surface area contributed by atoms with E-state index in [2.05, 4.69) is 71.3 Å². The average molecular weight is 466 g/mol. The van der Waals surface area contributed by atoms with Gasteiger partial charge in [-0.1, -0.05) is 48.5 Å². The maximum atomic E-state index is 13.2. The lowest BCUT2D eigenvalue weighted by Crippen LogP contribution is -2.51. The summed E-state index contributed by atoms with van der Waals surface area (Å²) in [5, 5.41) is 14.9. The highest BCUT2D eigenvalue weighted by Gasteiger charge is 2.60. The first-order valence-electron chi connectivity index (χ1n) is 11.7. The third kappa shape index (κ3) is 3.69. The van der Waals surface area contributed by atoms with Crippen molar-refractivity contribution in [1.82, 2.24) is 4.90 Å². The minimum absolute atomic E-state index is 0.0693. The Bertz CT molecular complexity index is 1070. The van der Waals surface area contributed by atoms with Crippen molar-refractivity contribution in [2.75, 3.05) is 37.2 Å². The molecule has 0 amide bonds. The standard InChI is InChI=1S/C27H32N2O3S/c1-32-26(31)24-19(22(30)17-33(2)3)15-23-27(20-11-7-8-12-21(20)28-25(24)27)13-14-29(23)16-18-9-5-4-6-10-18/h4-12,19,22-23,30H,13-17H2,1-3H3/p+1/t19-,22-,23-,27+/m0/s1. The molecule has 33 heavy (non-hydrogen) atoms. The van der Waals surface area contributed by atoms with Gasteiger partial charge in [0, 0.05) is 36.4 Å². The number of nitrogens with zero attached hydrogens (tertiary/aromatic N) is 1. The summed E-state index contributed by atoms with van der Waals surface area (Å²) in [6.07, 6.45) is 5.39. The first-order chi connectivity index (χ1) is 16.0. The van der Waals surface area contributed by atoms with Crippen molar-refractivity contribution in [1.29, 1.82) is 0 Å². The third-order valence-corrected chi connectivity index (χ3v) is 8.64. The molecule has 0 bridgehead atoms. The Morgan fingerprint density at radius 1 is 1.21 bits per heavy atom. The Kier molecular flexibility index (Phi) is 6.02. The zero-order chi connectivity index (χ0) is 23.2. The number of likely N-dealkylation sites (tertiary alicyclic amines) is 1. The molecular formula is C27H33N2O3S+. The molecular weight excluding hydrogens is 432 g/mol. The van der Waals surface area contributed by atoms with Crippen molar-refractivity contribution >= 4 is 22.6 Å². The van der Waals surface area contributed by atoms with Gasteiger partial charge in [-0.3, -0.25) is 4.90 Å². The van der Waals surface area contributed by atoms with Gasteiger partial charge in [0.2, 0.25) is 0 Å². The number of anilines is 1. The predicted octanol–water partition coefficient (Wildman–Crippen LogP) is 3.31. The van der Waals surface area contributed by atoms with E-state index in [-0.39, 0.29) is 34.2 Å². The van der Waals surface area contributed by atoms with Crippen molar-refractivity contribution in [3.8, 4) is 0 Å². The summed E-state index contributed by atoms with van der Waals surface area (Å²) < 4.78 is 5.29. The molecule has 5 rings (SSSR count). The number of benzene rings is 2. The topological polar surface area (TPSA) is 61.8 Å². The molecule has 2 aliphatic heterocycles. The van der Waals surface area contributed by atoms with Gasteiger partial charge in [0.15, 0.2) is 0 Å². The van der Waals surface area contributed by atoms with E-state index in [9.17, 15) is 9.90 Å². The highest BCUT2D eigenvalue weighted by atomic mass is 32.2. The summed E-state index contributed by atoms with van der Waals surface area (Å²) >= 11 is 0. The Morgan fingerprint density at radius 2 is 1.94 bits per heavy atom. The number of aliphatic hydroxyl groups is 1. The molecule has 2 N–H and O–H groups in total. The van der Waals surface area contributed by atoms with Crippen LogP contribution >= 0.6 is 0 Å². The summed E-state index contributed by atoms with van der Waals surface area (Å²) in [5.74, 6) is 0.114. The summed E-state index contributed by atoms with van der Waals surface area (Å²) in [6.45, 7) is 1.81. The van der Waals surface area contributed by atoms with E-state index in [0.717, 1.165) is 37.3 Å². The first kappa shape index (κ1) is 22.5. The highest BCUT2D eigenvalue weighted by Crippen LogP contribution is 2.59. The van der Waals surface area contributed by atoms with Crippen LogP contribution in [0.3, 0.4) is 0 Å². The van der Waals surface area contributed by atoms with Crippen LogP contribution in [-0.4, -0.2) is 60.0 Å². The normalized spacial score (nSPS) is 27.1. The quantitative estimate of drug-likeness (QED) is 0.506. The van der Waals surface area contributed by atoms with Gasteiger partial charge < -0.3 is 15.2 Å². The molecule has 1 spiro atoms. The van der Waals surface area contributed by atoms with Crippen molar-refractivity contribution in [3.05, 3.63) is 77.0 Å². The van der Waals surface area contributed by atoms with Crippen LogP contribution in [0.2, 0.25) is 0 Å². The summed E-state index contributed by atoms with van der Waals surface area (Å²) in [7, 11) is 1.51. The summed E-state index contributed by atoms with van der Waals surface area (Å²) in [6, 6.07) is 19.2. The number of hydrogen-bond donors (Lipinski definition) is 2. The SMILES string of the molecule is COC(=O)C1=C2Nc3ccccc3[C@@]23CCN(Cc2ccccc2)[C@H]3C[C@H]1[C@@H](O)C[S+](C)C. The van der Waals surface area contributed by atoms with Crippen LogP contribution in [0, 0.1) is 5.92 Å². The number of aliphatic hydroxyl groups excluding tert-OH is 1. The van der Waals surface area contributed by atoms with Gasteiger partial charge in [0.05, 0.1) is 30.6 Å². The molecule has 5 nitrogen and oxygen atoms in total. The molecule has 6 heteroatoms. The molecule has 0 unspecified atom stereocenters. The molecule has 1 aliphatic carbocycles. The minimum atomic E-state index is -0.576. The molecule has 0 saturated carbocycles. The Hall–Kier alpha value is -2.28. The van der Waals surface area contributed by atoms with E-state index < -0.39 is 6.10 Å². The van der Waals surface area contributed by atoms with E-state index in [1.807, 2.05) is 6.07 Å². The van der Waals surface area contributed by atoms with Crippen LogP contribution in [0.5, 0.6) is 0 Å². The maximum Gasteiger partial charge on any atom is 0.335 e. The molecule has 1 fully saturated rings. The lowest BCUT2D eigenvalue weighted by molar-refractivity contribution is -0.137. The highest BCUT2D eigenvalue weighted by molar-refractivity contribution is 7.95. The summed E-state index contributed by atoms with van der Waals surface area (Å²) in [5.41, 5.74) is 4.95. The number of hydrogen-bond acceptors (Lipinski definition) is 5. The van der Waals surface area contributed by atoms with E-state index >= 15 is 0 Å². The first-order valence-corrected chi connectivity index (χ1v) is 13.9.